The lowest BCUT2D eigenvalue weighted by atomic mass is 9.97. The topological polar surface area (TPSA) is 42.4 Å². The Morgan fingerprint density at radius 3 is 3.10 bits per heavy atom. The molecule has 1 fully saturated rings. The number of aromatic nitrogens is 1. The zero-order valence-electron chi connectivity index (χ0n) is 13.0. The van der Waals surface area contributed by atoms with Gasteiger partial charge in [0.25, 0.3) is 0 Å². The van der Waals surface area contributed by atoms with Gasteiger partial charge in [0, 0.05) is 44.6 Å². The molecular formula is C17H26N2O2. The standard InChI is InChI=1S/C17H26N2O2/c1-21-14-6-9-16-8-3-5-13-19(16)17(20)11-10-15-7-2-4-12-18-15/h2,4,7,12,16H,3,5-6,8-11,13-14H2,1H3/t16-/m0/s1. The fourth-order valence-electron chi connectivity index (χ4n) is 3.02. The first-order valence-corrected chi connectivity index (χ1v) is 7.99. The lowest BCUT2D eigenvalue weighted by molar-refractivity contribution is -0.135. The van der Waals surface area contributed by atoms with Gasteiger partial charge in [0.15, 0.2) is 0 Å². The summed E-state index contributed by atoms with van der Waals surface area (Å²) in [7, 11) is 1.73. The second-order valence-electron chi connectivity index (χ2n) is 5.69. The van der Waals surface area contributed by atoms with Crippen LogP contribution in [-0.2, 0) is 16.0 Å². The van der Waals surface area contributed by atoms with Crippen molar-refractivity contribution in [3.63, 3.8) is 0 Å². The van der Waals surface area contributed by atoms with Crippen molar-refractivity contribution in [3.8, 4) is 0 Å². The molecule has 4 heteroatoms. The van der Waals surface area contributed by atoms with E-state index in [2.05, 4.69) is 9.88 Å². The highest BCUT2D eigenvalue weighted by molar-refractivity contribution is 5.76. The summed E-state index contributed by atoms with van der Waals surface area (Å²) in [4.78, 5) is 18.9. The van der Waals surface area contributed by atoms with Crippen LogP contribution in [0.15, 0.2) is 24.4 Å². The first-order chi connectivity index (χ1) is 10.3. The molecule has 2 heterocycles. The van der Waals surface area contributed by atoms with Crippen LogP contribution in [-0.4, -0.2) is 42.1 Å². The molecule has 1 aromatic rings. The molecule has 4 nitrogen and oxygen atoms in total. The zero-order chi connectivity index (χ0) is 14.9. The minimum Gasteiger partial charge on any atom is -0.385 e. The van der Waals surface area contributed by atoms with Crippen LogP contribution < -0.4 is 0 Å². The fourth-order valence-corrected chi connectivity index (χ4v) is 3.02. The Hall–Kier alpha value is -1.42. The predicted molar refractivity (Wildman–Crippen MR) is 83.0 cm³/mol. The fraction of sp³-hybridized carbons (Fsp3) is 0.647. The van der Waals surface area contributed by atoms with E-state index in [0.29, 0.717) is 12.5 Å². The quantitative estimate of drug-likeness (QED) is 0.725. The summed E-state index contributed by atoms with van der Waals surface area (Å²) in [6.07, 6.45) is 8.69. The summed E-state index contributed by atoms with van der Waals surface area (Å²) in [5.74, 6) is 0.280. The van der Waals surface area contributed by atoms with Crippen LogP contribution in [0.5, 0.6) is 0 Å². The Morgan fingerprint density at radius 1 is 1.43 bits per heavy atom. The summed E-state index contributed by atoms with van der Waals surface area (Å²) >= 11 is 0. The number of methoxy groups -OCH3 is 1. The number of nitrogens with zero attached hydrogens (tertiary/aromatic N) is 2. The maximum atomic E-state index is 12.5. The number of aryl methyl sites for hydroxylation is 1. The lowest BCUT2D eigenvalue weighted by Gasteiger charge is -2.36. The minimum absolute atomic E-state index is 0.280. The van der Waals surface area contributed by atoms with Gasteiger partial charge in [-0.1, -0.05) is 6.07 Å². The zero-order valence-corrected chi connectivity index (χ0v) is 13.0. The van der Waals surface area contributed by atoms with Gasteiger partial charge in [0.05, 0.1) is 0 Å². The smallest absolute Gasteiger partial charge is 0.223 e. The van der Waals surface area contributed by atoms with Crippen molar-refractivity contribution in [2.45, 2.75) is 51.0 Å². The molecule has 1 aromatic heterocycles. The van der Waals surface area contributed by atoms with Crippen LogP contribution in [0.1, 0.15) is 44.2 Å². The Kier molecular flexibility index (Phi) is 6.67. The number of piperidine rings is 1. The van der Waals surface area contributed by atoms with Crippen molar-refractivity contribution in [1.82, 2.24) is 9.88 Å². The summed E-state index contributed by atoms with van der Waals surface area (Å²) in [6, 6.07) is 6.27. The molecule has 0 N–H and O–H groups in total. The van der Waals surface area contributed by atoms with Gasteiger partial charge in [-0.15, -0.1) is 0 Å². The maximum absolute atomic E-state index is 12.5. The first-order valence-electron chi connectivity index (χ1n) is 7.99. The number of hydrogen-bond donors (Lipinski definition) is 0. The first kappa shape index (κ1) is 16.0. The van der Waals surface area contributed by atoms with Crippen LogP contribution in [0.2, 0.25) is 0 Å². The molecule has 0 spiro atoms. The van der Waals surface area contributed by atoms with Crippen LogP contribution >= 0.6 is 0 Å². The molecule has 21 heavy (non-hydrogen) atoms. The van der Waals surface area contributed by atoms with E-state index >= 15 is 0 Å². The van der Waals surface area contributed by atoms with Crippen LogP contribution in [0.4, 0.5) is 0 Å². The monoisotopic (exact) mass is 290 g/mol. The number of pyridine rings is 1. The second kappa shape index (κ2) is 8.78. The SMILES string of the molecule is COCCC[C@@H]1CCCCN1C(=O)CCc1ccccn1. The number of rotatable bonds is 7. The van der Waals surface area contributed by atoms with Gasteiger partial charge in [-0.05, 0) is 50.7 Å². The summed E-state index contributed by atoms with van der Waals surface area (Å²) in [6.45, 7) is 1.70. The van der Waals surface area contributed by atoms with Crippen LogP contribution in [0.3, 0.4) is 0 Å². The van der Waals surface area contributed by atoms with Crippen LogP contribution in [0.25, 0.3) is 0 Å². The maximum Gasteiger partial charge on any atom is 0.223 e. The predicted octanol–water partition coefficient (Wildman–Crippen LogP) is 2.82. The Morgan fingerprint density at radius 2 is 2.33 bits per heavy atom. The highest BCUT2D eigenvalue weighted by Gasteiger charge is 2.25. The molecule has 1 saturated heterocycles. The summed E-state index contributed by atoms with van der Waals surface area (Å²) in [5.41, 5.74) is 0.999. The van der Waals surface area contributed by atoms with E-state index in [0.717, 1.165) is 50.9 Å². The largest absolute Gasteiger partial charge is 0.385 e. The molecule has 1 atom stereocenters. The average molecular weight is 290 g/mol. The molecule has 1 aliphatic rings. The molecule has 1 amide bonds. The molecule has 2 rings (SSSR count). The number of amides is 1. The van der Waals surface area contributed by atoms with E-state index in [4.69, 9.17) is 4.74 Å². The van der Waals surface area contributed by atoms with Gasteiger partial charge < -0.3 is 9.64 Å². The van der Waals surface area contributed by atoms with E-state index < -0.39 is 0 Å². The van der Waals surface area contributed by atoms with Gasteiger partial charge in [-0.25, -0.2) is 0 Å². The highest BCUT2D eigenvalue weighted by atomic mass is 16.5. The van der Waals surface area contributed by atoms with E-state index in [1.165, 1.54) is 6.42 Å². The molecule has 1 aliphatic heterocycles. The van der Waals surface area contributed by atoms with E-state index in [1.807, 2.05) is 18.2 Å². The van der Waals surface area contributed by atoms with Crippen molar-refractivity contribution in [1.29, 1.82) is 0 Å². The minimum atomic E-state index is 0.280. The van der Waals surface area contributed by atoms with Gasteiger partial charge in [0.1, 0.15) is 0 Å². The summed E-state index contributed by atoms with van der Waals surface area (Å²) < 4.78 is 5.12. The third-order valence-electron chi connectivity index (χ3n) is 4.15. The third-order valence-corrected chi connectivity index (χ3v) is 4.15. The lowest BCUT2D eigenvalue weighted by Crippen LogP contribution is -2.43. The van der Waals surface area contributed by atoms with E-state index in [1.54, 1.807) is 13.3 Å². The molecule has 0 bridgehead atoms. The van der Waals surface area contributed by atoms with Crippen molar-refractivity contribution in [3.05, 3.63) is 30.1 Å². The average Bonchev–Trinajstić information content (AvgIpc) is 2.54. The van der Waals surface area contributed by atoms with Crippen LogP contribution in [0, 0.1) is 0 Å². The molecule has 0 unspecified atom stereocenters. The van der Waals surface area contributed by atoms with Gasteiger partial charge in [-0.3, -0.25) is 9.78 Å². The van der Waals surface area contributed by atoms with Gasteiger partial charge >= 0.3 is 0 Å². The molecular weight excluding hydrogens is 264 g/mol. The number of ether oxygens (including phenoxy) is 1. The Balaban J connectivity index is 1.83. The highest BCUT2D eigenvalue weighted by Crippen LogP contribution is 2.22. The van der Waals surface area contributed by atoms with Crippen molar-refractivity contribution in [2.24, 2.45) is 0 Å². The Bertz CT molecular complexity index is 422. The Labute approximate surface area is 127 Å². The van der Waals surface area contributed by atoms with Gasteiger partial charge in [-0.2, -0.15) is 0 Å². The van der Waals surface area contributed by atoms with Gasteiger partial charge in [0.2, 0.25) is 5.91 Å². The molecule has 0 aromatic carbocycles. The second-order valence-corrected chi connectivity index (χ2v) is 5.69. The number of carbonyl (C=O) groups is 1. The molecule has 0 aliphatic carbocycles. The molecule has 0 radical (unpaired) electrons. The number of hydrogen-bond acceptors (Lipinski definition) is 3. The molecule has 0 saturated carbocycles. The number of likely N-dealkylation sites (tertiary alicyclic amines) is 1. The van der Waals surface area contributed by atoms with E-state index in [-0.39, 0.29) is 5.91 Å². The van der Waals surface area contributed by atoms with Crippen molar-refractivity contribution in [2.75, 3.05) is 20.3 Å². The third kappa shape index (κ3) is 5.12. The van der Waals surface area contributed by atoms with Crippen molar-refractivity contribution >= 4 is 5.91 Å². The van der Waals surface area contributed by atoms with Crippen molar-refractivity contribution < 1.29 is 9.53 Å². The van der Waals surface area contributed by atoms with E-state index in [9.17, 15) is 4.79 Å². The number of carbonyl (C=O) groups excluding carboxylic acids is 1. The normalized spacial score (nSPS) is 18.7. The molecule has 116 valence electrons. The summed E-state index contributed by atoms with van der Waals surface area (Å²) in [5, 5.41) is 0.